The van der Waals surface area contributed by atoms with Crippen LogP contribution in [-0.2, 0) is 15.6 Å². The minimum Gasteiger partial charge on any atom is -0.429 e. The first-order chi connectivity index (χ1) is 17.9. The van der Waals surface area contributed by atoms with E-state index in [4.69, 9.17) is 9.47 Å². The van der Waals surface area contributed by atoms with Crippen LogP contribution in [-0.4, -0.2) is 13.2 Å². The Morgan fingerprint density at radius 3 is 1.92 bits per heavy atom. The van der Waals surface area contributed by atoms with Gasteiger partial charge in [0.2, 0.25) is 0 Å². The van der Waals surface area contributed by atoms with E-state index < -0.39 is 75.6 Å². The number of hydrogen-bond donors (Lipinski definition) is 0. The number of halogens is 9. The minimum absolute atomic E-state index is 0.0555. The summed E-state index contributed by atoms with van der Waals surface area (Å²) in [5.74, 6) is -13.7. The maximum atomic E-state index is 14.9. The third-order valence-corrected chi connectivity index (χ3v) is 5.88. The third kappa shape index (κ3) is 5.46. The van der Waals surface area contributed by atoms with Crippen molar-refractivity contribution in [2.45, 2.75) is 32.2 Å². The van der Waals surface area contributed by atoms with Crippen LogP contribution in [0, 0.1) is 46.6 Å². The molecule has 0 amide bonds. The van der Waals surface area contributed by atoms with Crippen LogP contribution in [0.15, 0.2) is 36.4 Å². The van der Waals surface area contributed by atoms with Gasteiger partial charge in [-0.15, -0.1) is 0 Å². The second kappa shape index (κ2) is 10.9. The molecule has 0 aliphatic carbocycles. The van der Waals surface area contributed by atoms with Crippen molar-refractivity contribution < 1.29 is 53.7 Å². The van der Waals surface area contributed by atoms with Gasteiger partial charge < -0.3 is 14.2 Å². The van der Waals surface area contributed by atoms with Crippen molar-refractivity contribution in [3.63, 3.8) is 0 Å². The Labute approximate surface area is 210 Å². The molecule has 1 saturated heterocycles. The highest BCUT2D eigenvalue weighted by Crippen LogP contribution is 2.39. The summed E-state index contributed by atoms with van der Waals surface area (Å²) in [6.45, 7) is 2.49. The van der Waals surface area contributed by atoms with E-state index in [1.54, 1.807) is 0 Å². The molecule has 0 spiro atoms. The molecular weight excluding hydrogens is 531 g/mol. The quantitative estimate of drug-likeness (QED) is 0.221. The summed E-state index contributed by atoms with van der Waals surface area (Å²) in [6.07, 6.45) is -4.34. The van der Waals surface area contributed by atoms with Gasteiger partial charge in [0, 0.05) is 29.2 Å². The van der Waals surface area contributed by atoms with Crippen molar-refractivity contribution in [2.24, 2.45) is 5.92 Å². The standard InChI is InChI=1S/C26H19F9O3/c1-2-3-12-10-36-25(37-11-12)16-5-4-15(22(31)23(16)32)13-6-17(27)21(18(28)7-13)26(34,35)38-14-8-19(29)24(33)20(30)9-14/h4-9,12,25H,2-3,10-11H2,1H3. The van der Waals surface area contributed by atoms with Crippen LogP contribution in [0.2, 0.25) is 0 Å². The van der Waals surface area contributed by atoms with E-state index in [2.05, 4.69) is 4.74 Å². The van der Waals surface area contributed by atoms with Gasteiger partial charge in [-0.3, -0.25) is 0 Å². The molecule has 3 aromatic carbocycles. The van der Waals surface area contributed by atoms with Crippen LogP contribution in [0.25, 0.3) is 11.1 Å². The number of ether oxygens (including phenoxy) is 3. The van der Waals surface area contributed by atoms with Crippen LogP contribution >= 0.6 is 0 Å². The SMILES string of the molecule is CCCC1COC(c2ccc(-c3cc(F)c(C(F)(F)Oc4cc(F)c(F)c(F)c4)c(F)c3)c(F)c2F)OC1. The first kappa shape index (κ1) is 27.8. The first-order valence-electron chi connectivity index (χ1n) is 11.3. The van der Waals surface area contributed by atoms with E-state index >= 15 is 0 Å². The highest BCUT2D eigenvalue weighted by Gasteiger charge is 2.42. The Hall–Kier alpha value is -3.25. The topological polar surface area (TPSA) is 27.7 Å². The monoisotopic (exact) mass is 550 g/mol. The van der Waals surface area contributed by atoms with Crippen LogP contribution < -0.4 is 4.74 Å². The summed E-state index contributed by atoms with van der Waals surface area (Å²) >= 11 is 0. The number of hydrogen-bond acceptors (Lipinski definition) is 3. The van der Waals surface area contributed by atoms with Gasteiger partial charge in [0.15, 0.2) is 35.4 Å². The minimum atomic E-state index is -4.83. The fourth-order valence-electron chi connectivity index (χ4n) is 4.06. The van der Waals surface area contributed by atoms with Gasteiger partial charge in [0.25, 0.3) is 0 Å². The Bertz CT molecular complexity index is 1290. The Balaban J connectivity index is 1.61. The zero-order valence-electron chi connectivity index (χ0n) is 19.6. The zero-order valence-corrected chi connectivity index (χ0v) is 19.6. The molecule has 0 aromatic heterocycles. The van der Waals surface area contributed by atoms with Gasteiger partial charge in [-0.05, 0) is 24.1 Å². The van der Waals surface area contributed by atoms with Gasteiger partial charge in [0.1, 0.15) is 22.9 Å². The molecular formula is C26H19F9O3. The second-order valence-electron chi connectivity index (χ2n) is 8.62. The van der Waals surface area contributed by atoms with Crippen molar-refractivity contribution in [2.75, 3.05) is 13.2 Å². The summed E-state index contributed by atoms with van der Waals surface area (Å²) in [5.41, 5.74) is -3.55. The lowest BCUT2D eigenvalue weighted by Crippen LogP contribution is -2.27. The summed E-state index contributed by atoms with van der Waals surface area (Å²) in [4.78, 5) is 0. The van der Waals surface area contributed by atoms with Gasteiger partial charge in [-0.1, -0.05) is 25.5 Å². The lowest BCUT2D eigenvalue weighted by molar-refractivity contribution is -0.207. The number of alkyl halides is 2. The molecule has 1 heterocycles. The molecule has 3 aromatic rings. The molecule has 0 saturated carbocycles. The fourth-order valence-corrected chi connectivity index (χ4v) is 4.06. The van der Waals surface area contributed by atoms with Gasteiger partial charge in [-0.25, -0.2) is 30.7 Å². The van der Waals surface area contributed by atoms with E-state index in [0.717, 1.165) is 25.0 Å². The molecule has 38 heavy (non-hydrogen) atoms. The average Bonchev–Trinajstić information content (AvgIpc) is 2.84. The molecule has 0 bridgehead atoms. The van der Waals surface area contributed by atoms with Crippen LogP contribution in [0.5, 0.6) is 5.75 Å². The molecule has 1 fully saturated rings. The summed E-state index contributed by atoms with van der Waals surface area (Å²) < 4.78 is 143. The van der Waals surface area contributed by atoms with E-state index in [1.165, 1.54) is 0 Å². The molecule has 0 atom stereocenters. The Kier molecular flexibility index (Phi) is 7.93. The molecule has 1 aliphatic rings. The maximum absolute atomic E-state index is 14.9. The van der Waals surface area contributed by atoms with Crippen LogP contribution in [0.1, 0.15) is 37.2 Å². The van der Waals surface area contributed by atoms with Crippen molar-refractivity contribution in [3.05, 3.63) is 88.2 Å². The average molecular weight is 550 g/mol. The molecule has 12 heteroatoms. The first-order valence-corrected chi connectivity index (χ1v) is 11.3. The highest BCUT2D eigenvalue weighted by molar-refractivity contribution is 5.65. The van der Waals surface area contributed by atoms with E-state index in [0.29, 0.717) is 12.1 Å². The van der Waals surface area contributed by atoms with Gasteiger partial charge >= 0.3 is 6.11 Å². The Morgan fingerprint density at radius 2 is 1.37 bits per heavy atom. The summed E-state index contributed by atoms with van der Waals surface area (Å²) in [7, 11) is 0. The lowest BCUT2D eigenvalue weighted by atomic mass is 9.99. The van der Waals surface area contributed by atoms with Crippen molar-refractivity contribution in [3.8, 4) is 16.9 Å². The molecule has 1 aliphatic heterocycles. The van der Waals surface area contributed by atoms with Crippen molar-refractivity contribution in [1.82, 2.24) is 0 Å². The molecule has 0 radical (unpaired) electrons. The van der Waals surface area contributed by atoms with E-state index in [9.17, 15) is 39.5 Å². The summed E-state index contributed by atoms with van der Waals surface area (Å²) in [5, 5.41) is 0. The van der Waals surface area contributed by atoms with Gasteiger partial charge in [0.05, 0.1) is 13.2 Å². The zero-order chi connectivity index (χ0) is 27.8. The van der Waals surface area contributed by atoms with Gasteiger partial charge in [-0.2, -0.15) is 8.78 Å². The largest absolute Gasteiger partial charge is 0.432 e. The molecule has 0 N–H and O–H groups in total. The fraction of sp³-hybridized carbons (Fsp3) is 0.308. The normalized spacial score (nSPS) is 18.1. The van der Waals surface area contributed by atoms with Crippen LogP contribution in [0.4, 0.5) is 39.5 Å². The molecule has 3 nitrogen and oxygen atoms in total. The highest BCUT2D eigenvalue weighted by atomic mass is 19.3. The smallest absolute Gasteiger partial charge is 0.429 e. The van der Waals surface area contributed by atoms with E-state index in [-0.39, 0.29) is 36.8 Å². The van der Waals surface area contributed by atoms with Crippen LogP contribution in [0.3, 0.4) is 0 Å². The number of benzene rings is 3. The summed E-state index contributed by atoms with van der Waals surface area (Å²) in [6, 6.07) is 2.78. The molecule has 204 valence electrons. The van der Waals surface area contributed by atoms with Crippen molar-refractivity contribution in [1.29, 1.82) is 0 Å². The number of rotatable bonds is 7. The van der Waals surface area contributed by atoms with E-state index in [1.807, 2.05) is 6.92 Å². The maximum Gasteiger partial charge on any atom is 0.432 e. The second-order valence-corrected chi connectivity index (χ2v) is 8.62. The third-order valence-electron chi connectivity index (χ3n) is 5.88. The van der Waals surface area contributed by atoms with Crippen molar-refractivity contribution >= 4 is 0 Å². The molecule has 4 rings (SSSR count). The predicted octanol–water partition coefficient (Wildman–Crippen LogP) is 7.92. The predicted molar refractivity (Wildman–Crippen MR) is 116 cm³/mol. The lowest BCUT2D eigenvalue weighted by Gasteiger charge is -2.29. The Morgan fingerprint density at radius 1 is 0.789 bits per heavy atom. The molecule has 0 unspecified atom stereocenters.